The van der Waals surface area contributed by atoms with Crippen LogP contribution in [0.15, 0.2) is 76.8 Å². The molecule has 0 aliphatic heterocycles. The third-order valence-electron chi connectivity index (χ3n) is 4.45. The largest absolute Gasteiger partial charge is 0.494 e. The molecule has 4 nitrogen and oxygen atoms in total. The predicted octanol–water partition coefficient (Wildman–Crippen LogP) is 6.12. The van der Waals surface area contributed by atoms with Gasteiger partial charge in [0.05, 0.1) is 6.61 Å². The summed E-state index contributed by atoms with van der Waals surface area (Å²) in [4.78, 5) is 12.5. The quantitative estimate of drug-likeness (QED) is 0.328. The van der Waals surface area contributed by atoms with Crippen LogP contribution < -0.4 is 10.1 Å². The first-order valence-electron chi connectivity index (χ1n) is 9.67. The number of halogens is 2. The minimum absolute atomic E-state index is 0.0248. The normalized spacial score (nSPS) is 11.0. The van der Waals surface area contributed by atoms with E-state index in [0.717, 1.165) is 15.6 Å². The van der Waals surface area contributed by atoms with Gasteiger partial charge in [0.15, 0.2) is 0 Å². The van der Waals surface area contributed by atoms with Gasteiger partial charge >= 0.3 is 0 Å². The predicted molar refractivity (Wildman–Crippen MR) is 123 cm³/mol. The summed E-state index contributed by atoms with van der Waals surface area (Å²) in [6.45, 7) is 2.33. The van der Waals surface area contributed by atoms with Gasteiger partial charge in [-0.2, -0.15) is 5.26 Å². The Labute approximate surface area is 189 Å². The molecule has 0 saturated heterocycles. The van der Waals surface area contributed by atoms with Crippen LogP contribution in [0, 0.1) is 17.1 Å². The van der Waals surface area contributed by atoms with E-state index in [0.29, 0.717) is 30.0 Å². The van der Waals surface area contributed by atoms with Crippen LogP contribution in [0.4, 0.5) is 10.1 Å². The van der Waals surface area contributed by atoms with Gasteiger partial charge in [-0.3, -0.25) is 4.79 Å². The summed E-state index contributed by atoms with van der Waals surface area (Å²) < 4.78 is 20.2. The summed E-state index contributed by atoms with van der Waals surface area (Å²) in [5.41, 5.74) is 2.95. The molecular formula is C25H20BrFN2O2. The van der Waals surface area contributed by atoms with Crippen molar-refractivity contribution in [1.29, 1.82) is 5.26 Å². The minimum atomic E-state index is -0.494. The van der Waals surface area contributed by atoms with E-state index in [2.05, 4.69) is 21.2 Å². The van der Waals surface area contributed by atoms with E-state index < -0.39 is 5.91 Å². The molecule has 3 aromatic rings. The SMILES string of the molecule is CCOc1cc(/C=C(\C#N)C(=O)Nc2ccc(Br)cc2)ccc1Cc1cccc(F)c1. The van der Waals surface area contributed by atoms with E-state index in [1.807, 2.05) is 25.1 Å². The summed E-state index contributed by atoms with van der Waals surface area (Å²) in [7, 11) is 0. The number of ether oxygens (including phenoxy) is 1. The van der Waals surface area contributed by atoms with Crippen molar-refractivity contribution in [1.82, 2.24) is 0 Å². The Hall–Kier alpha value is -3.43. The van der Waals surface area contributed by atoms with Gasteiger partial charge in [-0.15, -0.1) is 0 Å². The van der Waals surface area contributed by atoms with Crippen LogP contribution in [0.3, 0.4) is 0 Å². The molecule has 0 bridgehead atoms. The van der Waals surface area contributed by atoms with Crippen molar-refractivity contribution >= 4 is 33.6 Å². The lowest BCUT2D eigenvalue weighted by Gasteiger charge is -2.12. The smallest absolute Gasteiger partial charge is 0.266 e. The van der Waals surface area contributed by atoms with Gasteiger partial charge in [-0.1, -0.05) is 40.2 Å². The zero-order chi connectivity index (χ0) is 22.2. The molecule has 3 rings (SSSR count). The van der Waals surface area contributed by atoms with Gasteiger partial charge in [-0.25, -0.2) is 4.39 Å². The Morgan fingerprint density at radius 2 is 1.94 bits per heavy atom. The Balaban J connectivity index is 1.83. The molecule has 0 fully saturated rings. The van der Waals surface area contributed by atoms with Gasteiger partial charge in [0.1, 0.15) is 23.2 Å². The van der Waals surface area contributed by atoms with Gasteiger partial charge in [0, 0.05) is 16.6 Å². The molecule has 3 aromatic carbocycles. The number of nitriles is 1. The summed E-state index contributed by atoms with van der Waals surface area (Å²) in [6, 6.07) is 20.9. The van der Waals surface area contributed by atoms with Crippen LogP contribution in [0.1, 0.15) is 23.6 Å². The number of hydrogen-bond donors (Lipinski definition) is 1. The van der Waals surface area contributed by atoms with E-state index in [1.54, 1.807) is 42.5 Å². The number of benzene rings is 3. The molecule has 0 saturated carbocycles. The fourth-order valence-corrected chi connectivity index (χ4v) is 3.27. The number of anilines is 1. The van der Waals surface area contributed by atoms with Gasteiger partial charge in [-0.05, 0) is 72.2 Å². The molecule has 6 heteroatoms. The van der Waals surface area contributed by atoms with E-state index in [9.17, 15) is 14.4 Å². The molecule has 0 heterocycles. The van der Waals surface area contributed by atoms with Gasteiger partial charge in [0.25, 0.3) is 5.91 Å². The summed E-state index contributed by atoms with van der Waals surface area (Å²) >= 11 is 3.34. The fourth-order valence-electron chi connectivity index (χ4n) is 3.01. The number of carbonyl (C=O) groups is 1. The lowest BCUT2D eigenvalue weighted by molar-refractivity contribution is -0.112. The van der Waals surface area contributed by atoms with Crippen LogP contribution in [0.5, 0.6) is 5.75 Å². The first-order valence-corrected chi connectivity index (χ1v) is 10.5. The molecule has 1 amide bonds. The highest BCUT2D eigenvalue weighted by Gasteiger charge is 2.11. The second-order valence-electron chi connectivity index (χ2n) is 6.74. The molecular weight excluding hydrogens is 459 g/mol. The van der Waals surface area contributed by atoms with Crippen LogP contribution in [-0.2, 0) is 11.2 Å². The summed E-state index contributed by atoms with van der Waals surface area (Å²) in [5.74, 6) is -0.150. The molecule has 0 aromatic heterocycles. The highest BCUT2D eigenvalue weighted by Crippen LogP contribution is 2.25. The lowest BCUT2D eigenvalue weighted by Crippen LogP contribution is -2.13. The standard InChI is InChI=1S/C25H20BrFN2O2/c1-2-31-24-15-18(6-7-19(24)12-17-4-3-5-22(27)14-17)13-20(16-28)25(30)29-23-10-8-21(26)9-11-23/h3-11,13-15H,2,12H2,1H3,(H,29,30)/b20-13+. The summed E-state index contributed by atoms with van der Waals surface area (Å²) in [6.07, 6.45) is 2.02. The number of rotatable bonds is 7. The maximum absolute atomic E-state index is 13.5. The lowest BCUT2D eigenvalue weighted by atomic mass is 10.0. The monoisotopic (exact) mass is 478 g/mol. The molecule has 0 unspecified atom stereocenters. The number of nitrogens with zero attached hydrogens (tertiary/aromatic N) is 1. The average Bonchev–Trinajstić information content (AvgIpc) is 2.75. The number of amides is 1. The van der Waals surface area contributed by atoms with Crippen LogP contribution >= 0.6 is 15.9 Å². The molecule has 0 atom stereocenters. The first kappa shape index (κ1) is 22.3. The molecule has 1 N–H and O–H groups in total. The summed E-state index contributed by atoms with van der Waals surface area (Å²) in [5, 5.41) is 12.2. The number of hydrogen-bond acceptors (Lipinski definition) is 3. The minimum Gasteiger partial charge on any atom is -0.494 e. The zero-order valence-corrected chi connectivity index (χ0v) is 18.4. The van der Waals surface area contributed by atoms with Crippen molar-refractivity contribution in [2.45, 2.75) is 13.3 Å². The zero-order valence-electron chi connectivity index (χ0n) is 16.9. The Kier molecular flexibility index (Phi) is 7.58. The van der Waals surface area contributed by atoms with E-state index in [1.165, 1.54) is 18.2 Å². The van der Waals surface area contributed by atoms with Crippen LogP contribution in [-0.4, -0.2) is 12.5 Å². The third kappa shape index (κ3) is 6.27. The second-order valence-corrected chi connectivity index (χ2v) is 7.65. The molecule has 156 valence electrons. The van der Waals surface area contributed by atoms with E-state index >= 15 is 0 Å². The Bertz CT molecular complexity index is 1150. The second kappa shape index (κ2) is 10.6. The Morgan fingerprint density at radius 3 is 2.61 bits per heavy atom. The van der Waals surface area contributed by atoms with Crippen molar-refractivity contribution in [3.8, 4) is 11.8 Å². The van der Waals surface area contributed by atoms with Crippen molar-refractivity contribution in [3.05, 3.63) is 99.3 Å². The molecule has 0 aliphatic carbocycles. The number of nitrogens with one attached hydrogen (secondary N) is 1. The first-order chi connectivity index (χ1) is 15.0. The highest BCUT2D eigenvalue weighted by atomic mass is 79.9. The van der Waals surface area contributed by atoms with Crippen LogP contribution in [0.2, 0.25) is 0 Å². The topological polar surface area (TPSA) is 62.1 Å². The van der Waals surface area contributed by atoms with Gasteiger partial charge in [0.2, 0.25) is 0 Å². The Morgan fingerprint density at radius 1 is 1.16 bits per heavy atom. The average molecular weight is 479 g/mol. The van der Waals surface area contributed by atoms with Gasteiger partial charge < -0.3 is 10.1 Å². The highest BCUT2D eigenvalue weighted by molar-refractivity contribution is 9.10. The fraction of sp³-hybridized carbons (Fsp3) is 0.120. The van der Waals surface area contributed by atoms with Crippen molar-refractivity contribution in [2.75, 3.05) is 11.9 Å². The molecule has 0 spiro atoms. The van der Waals surface area contributed by atoms with E-state index in [-0.39, 0.29) is 11.4 Å². The van der Waals surface area contributed by atoms with Crippen molar-refractivity contribution in [2.24, 2.45) is 0 Å². The third-order valence-corrected chi connectivity index (χ3v) is 4.98. The number of carbonyl (C=O) groups excluding carboxylic acids is 1. The van der Waals surface area contributed by atoms with Crippen molar-refractivity contribution in [3.63, 3.8) is 0 Å². The maximum Gasteiger partial charge on any atom is 0.266 e. The van der Waals surface area contributed by atoms with Crippen LogP contribution in [0.25, 0.3) is 6.08 Å². The van der Waals surface area contributed by atoms with E-state index in [4.69, 9.17) is 4.74 Å². The van der Waals surface area contributed by atoms with Crippen molar-refractivity contribution < 1.29 is 13.9 Å². The molecule has 0 radical (unpaired) electrons. The maximum atomic E-state index is 13.5. The molecule has 0 aliphatic rings. The molecule has 31 heavy (non-hydrogen) atoms.